The number of hydrogen-bond donors (Lipinski definition) is 0. The summed E-state index contributed by atoms with van der Waals surface area (Å²) in [5.41, 5.74) is 1.67. The molecule has 2 nitrogen and oxygen atoms in total. The zero-order chi connectivity index (χ0) is 16.6. The second-order valence-corrected chi connectivity index (χ2v) is 8.43. The molecule has 3 rings (SSSR count). The standard InChI is InChI=1S/C20H22O2S/c1-20(2,3)9-8-15-17(21)10-13(11-18(15)22)16-12-23-19-7-5-4-6-14(16)19/h4-8,12-13H,9-11H2,1-3H3. The van der Waals surface area contributed by atoms with Gasteiger partial charge in [-0.3, -0.25) is 9.59 Å². The van der Waals surface area contributed by atoms with Crippen LogP contribution < -0.4 is 0 Å². The Hall–Kier alpha value is -1.74. The van der Waals surface area contributed by atoms with Gasteiger partial charge < -0.3 is 0 Å². The van der Waals surface area contributed by atoms with Crippen molar-refractivity contribution < 1.29 is 9.59 Å². The highest BCUT2D eigenvalue weighted by molar-refractivity contribution is 7.17. The molecule has 3 heteroatoms. The van der Waals surface area contributed by atoms with Crippen molar-refractivity contribution in [3.63, 3.8) is 0 Å². The van der Waals surface area contributed by atoms with Crippen molar-refractivity contribution in [2.75, 3.05) is 0 Å². The van der Waals surface area contributed by atoms with Crippen molar-refractivity contribution in [1.82, 2.24) is 0 Å². The lowest BCUT2D eigenvalue weighted by Gasteiger charge is -2.23. The summed E-state index contributed by atoms with van der Waals surface area (Å²) in [6.45, 7) is 6.34. The van der Waals surface area contributed by atoms with Gasteiger partial charge in [0.1, 0.15) is 0 Å². The lowest BCUT2D eigenvalue weighted by atomic mass is 9.78. The van der Waals surface area contributed by atoms with E-state index in [1.54, 1.807) is 11.3 Å². The SMILES string of the molecule is CC(C)(C)CC=C1C(=O)CC(c2csc3ccccc23)CC1=O. The lowest BCUT2D eigenvalue weighted by Crippen LogP contribution is -2.25. The van der Waals surface area contributed by atoms with Gasteiger partial charge in [0.15, 0.2) is 11.6 Å². The van der Waals surface area contributed by atoms with Gasteiger partial charge in [0.2, 0.25) is 0 Å². The fourth-order valence-electron chi connectivity index (χ4n) is 3.07. The van der Waals surface area contributed by atoms with Crippen LogP contribution in [0.1, 0.15) is 51.5 Å². The molecule has 0 atom stereocenters. The van der Waals surface area contributed by atoms with Gasteiger partial charge in [-0.15, -0.1) is 11.3 Å². The summed E-state index contributed by atoms with van der Waals surface area (Å²) in [6, 6.07) is 8.21. The molecule has 0 saturated heterocycles. The third-order valence-corrected chi connectivity index (χ3v) is 5.32. The van der Waals surface area contributed by atoms with Gasteiger partial charge in [0, 0.05) is 17.5 Å². The van der Waals surface area contributed by atoms with Gasteiger partial charge in [-0.2, -0.15) is 0 Å². The molecule has 1 saturated carbocycles. The van der Waals surface area contributed by atoms with E-state index in [1.165, 1.54) is 10.1 Å². The van der Waals surface area contributed by atoms with E-state index in [0.29, 0.717) is 18.4 Å². The van der Waals surface area contributed by atoms with Crippen LogP contribution in [0.2, 0.25) is 0 Å². The summed E-state index contributed by atoms with van der Waals surface area (Å²) in [5, 5.41) is 3.30. The minimum Gasteiger partial charge on any atom is -0.294 e. The van der Waals surface area contributed by atoms with E-state index < -0.39 is 0 Å². The number of thiophene rings is 1. The van der Waals surface area contributed by atoms with Gasteiger partial charge in [-0.25, -0.2) is 0 Å². The monoisotopic (exact) mass is 326 g/mol. The summed E-state index contributed by atoms with van der Waals surface area (Å²) in [5.74, 6) is 0.0366. The number of carbonyl (C=O) groups is 2. The summed E-state index contributed by atoms with van der Waals surface area (Å²) in [6.07, 6.45) is 3.50. The predicted octanol–water partition coefficient (Wildman–Crippen LogP) is 5.28. The largest absolute Gasteiger partial charge is 0.294 e. The van der Waals surface area contributed by atoms with Crippen molar-refractivity contribution in [1.29, 1.82) is 0 Å². The van der Waals surface area contributed by atoms with Crippen molar-refractivity contribution in [3.8, 4) is 0 Å². The van der Waals surface area contributed by atoms with Crippen LogP contribution in [-0.4, -0.2) is 11.6 Å². The quantitative estimate of drug-likeness (QED) is 0.556. The second-order valence-electron chi connectivity index (χ2n) is 7.52. The fraction of sp³-hybridized carbons (Fsp3) is 0.400. The van der Waals surface area contributed by atoms with Crippen molar-refractivity contribution in [2.24, 2.45) is 5.41 Å². The van der Waals surface area contributed by atoms with E-state index in [1.807, 2.05) is 18.2 Å². The Morgan fingerprint density at radius 2 is 1.78 bits per heavy atom. The number of Topliss-reactive ketones (excluding diaryl/α,β-unsaturated/α-hetero) is 2. The third kappa shape index (κ3) is 3.45. The molecule has 0 radical (unpaired) electrons. The summed E-state index contributed by atoms with van der Waals surface area (Å²) in [4.78, 5) is 25.0. The first-order valence-corrected chi connectivity index (χ1v) is 8.96. The Labute approximate surface area is 141 Å². The maximum Gasteiger partial charge on any atom is 0.166 e. The Morgan fingerprint density at radius 3 is 2.43 bits per heavy atom. The molecular formula is C20H22O2S. The average molecular weight is 326 g/mol. The van der Waals surface area contributed by atoms with E-state index in [2.05, 4.69) is 38.3 Å². The van der Waals surface area contributed by atoms with Crippen LogP contribution in [0.25, 0.3) is 10.1 Å². The number of hydrogen-bond acceptors (Lipinski definition) is 3. The molecule has 120 valence electrons. The lowest BCUT2D eigenvalue weighted by molar-refractivity contribution is -0.124. The minimum absolute atomic E-state index is 0.00535. The maximum atomic E-state index is 12.5. The Bertz CT molecular complexity index is 769. The zero-order valence-corrected chi connectivity index (χ0v) is 14.7. The van der Waals surface area contributed by atoms with E-state index in [9.17, 15) is 9.59 Å². The van der Waals surface area contributed by atoms with Crippen LogP contribution in [0.4, 0.5) is 0 Å². The van der Waals surface area contributed by atoms with Gasteiger partial charge >= 0.3 is 0 Å². The van der Waals surface area contributed by atoms with Crippen LogP contribution in [0.5, 0.6) is 0 Å². The highest BCUT2D eigenvalue weighted by atomic mass is 32.1. The molecule has 1 aromatic carbocycles. The highest BCUT2D eigenvalue weighted by Gasteiger charge is 2.32. The van der Waals surface area contributed by atoms with E-state index >= 15 is 0 Å². The van der Waals surface area contributed by atoms with Gasteiger partial charge in [-0.05, 0) is 40.1 Å². The van der Waals surface area contributed by atoms with Gasteiger partial charge in [0.25, 0.3) is 0 Å². The number of ketones is 2. The van der Waals surface area contributed by atoms with Crippen LogP contribution >= 0.6 is 11.3 Å². The average Bonchev–Trinajstić information content (AvgIpc) is 2.89. The van der Waals surface area contributed by atoms with Crippen molar-refractivity contribution >= 4 is 33.0 Å². The molecular weight excluding hydrogens is 304 g/mol. The molecule has 0 bridgehead atoms. The smallest absolute Gasteiger partial charge is 0.166 e. The van der Waals surface area contributed by atoms with Crippen LogP contribution in [0, 0.1) is 5.41 Å². The minimum atomic E-state index is 0.00535. The fourth-order valence-corrected chi connectivity index (χ4v) is 4.11. The number of rotatable bonds is 2. The number of benzene rings is 1. The van der Waals surface area contributed by atoms with Crippen LogP contribution in [-0.2, 0) is 9.59 Å². The first-order valence-electron chi connectivity index (χ1n) is 8.08. The second kappa shape index (κ2) is 6.04. The molecule has 1 aliphatic rings. The first kappa shape index (κ1) is 16.1. The van der Waals surface area contributed by atoms with Crippen molar-refractivity contribution in [3.05, 3.63) is 46.9 Å². The van der Waals surface area contributed by atoms with Gasteiger partial charge in [0.05, 0.1) is 5.57 Å². The molecule has 23 heavy (non-hydrogen) atoms. The van der Waals surface area contributed by atoms with Crippen LogP contribution in [0.15, 0.2) is 41.3 Å². The van der Waals surface area contributed by atoms with Gasteiger partial charge in [-0.1, -0.05) is 45.0 Å². The van der Waals surface area contributed by atoms with E-state index in [-0.39, 0.29) is 22.9 Å². The number of carbonyl (C=O) groups excluding carboxylic acids is 2. The topological polar surface area (TPSA) is 34.1 Å². The Morgan fingerprint density at radius 1 is 1.13 bits per heavy atom. The van der Waals surface area contributed by atoms with Crippen LogP contribution in [0.3, 0.4) is 0 Å². The molecule has 2 aromatic rings. The summed E-state index contributed by atoms with van der Waals surface area (Å²) in [7, 11) is 0. The molecule has 1 aliphatic carbocycles. The van der Waals surface area contributed by atoms with E-state index in [4.69, 9.17) is 0 Å². The molecule has 0 aliphatic heterocycles. The molecule has 0 amide bonds. The first-order chi connectivity index (χ1) is 10.8. The molecule has 1 heterocycles. The number of allylic oxidation sites excluding steroid dienone is 2. The number of fused-ring (bicyclic) bond motifs is 1. The molecule has 1 fully saturated rings. The Balaban J connectivity index is 1.85. The normalized spacial score (nSPS) is 19.4. The molecule has 0 unspecified atom stereocenters. The summed E-state index contributed by atoms with van der Waals surface area (Å²) < 4.78 is 1.22. The third-order valence-electron chi connectivity index (χ3n) is 4.33. The highest BCUT2D eigenvalue weighted by Crippen LogP contribution is 2.38. The zero-order valence-electron chi connectivity index (χ0n) is 13.9. The maximum absolute atomic E-state index is 12.5. The predicted molar refractivity (Wildman–Crippen MR) is 96.0 cm³/mol. The van der Waals surface area contributed by atoms with Crippen molar-refractivity contribution in [2.45, 2.75) is 46.0 Å². The molecule has 1 aromatic heterocycles. The van der Waals surface area contributed by atoms with E-state index in [0.717, 1.165) is 12.0 Å². The molecule has 0 spiro atoms. The molecule has 0 N–H and O–H groups in total. The summed E-state index contributed by atoms with van der Waals surface area (Å²) >= 11 is 1.69. The Kier molecular flexibility index (Phi) is 4.24.